The first-order valence-electron chi connectivity index (χ1n) is 18.6. The summed E-state index contributed by atoms with van der Waals surface area (Å²) in [6.45, 7) is 16.2. The number of allylic oxidation sites excluding steroid dienone is 2. The average molecular weight is 699 g/mol. The van der Waals surface area contributed by atoms with Gasteiger partial charge in [0.2, 0.25) is 0 Å². The molecule has 7 rings (SSSR count). The van der Waals surface area contributed by atoms with Crippen LogP contribution in [-0.2, 0) is 32.5 Å². The van der Waals surface area contributed by atoms with E-state index in [0.717, 1.165) is 51.4 Å². The van der Waals surface area contributed by atoms with Crippen molar-refractivity contribution in [1.82, 2.24) is 0 Å². The van der Waals surface area contributed by atoms with Crippen molar-refractivity contribution >= 4 is 19.6 Å². The van der Waals surface area contributed by atoms with E-state index in [2.05, 4.69) is 41.5 Å². The van der Waals surface area contributed by atoms with E-state index in [1.54, 1.807) is 12.1 Å². The number of hydrogen-bond acceptors (Lipinski definition) is 7. The van der Waals surface area contributed by atoms with Gasteiger partial charge in [0.15, 0.2) is 5.78 Å². The monoisotopic (exact) mass is 698 g/mol. The highest BCUT2D eigenvalue weighted by molar-refractivity contribution is 7.48. The van der Waals surface area contributed by atoms with E-state index in [0.29, 0.717) is 18.4 Å². The van der Waals surface area contributed by atoms with Gasteiger partial charge in [-0.05, 0) is 127 Å². The van der Waals surface area contributed by atoms with Crippen LogP contribution in [-0.4, -0.2) is 31.6 Å². The van der Waals surface area contributed by atoms with Gasteiger partial charge < -0.3 is 4.74 Å². The maximum absolute atomic E-state index is 14.8. The van der Waals surface area contributed by atoms with E-state index in [-0.39, 0.29) is 69.7 Å². The number of phosphoric acid groups is 1. The maximum Gasteiger partial charge on any atom is 0.475 e. The number of rotatable bonds is 4. The lowest BCUT2D eigenvalue weighted by molar-refractivity contribution is -0.202. The molecule has 270 valence electrons. The van der Waals surface area contributed by atoms with Crippen LogP contribution in [0.1, 0.15) is 124 Å². The molecule has 0 radical (unpaired) electrons. The zero-order chi connectivity index (χ0) is 35.4. The fourth-order valence-electron chi connectivity index (χ4n) is 12.4. The molecule has 6 aliphatic rings. The Bertz CT molecular complexity index is 1620. The largest absolute Gasteiger partial charge is 0.475 e. The topological polar surface area (TPSA) is 88.1 Å². The summed E-state index contributed by atoms with van der Waals surface area (Å²) in [5.74, 6) is -0.102. The summed E-state index contributed by atoms with van der Waals surface area (Å²) in [6, 6.07) is 6.20. The molecule has 1 heterocycles. The van der Waals surface area contributed by atoms with Crippen LogP contribution in [0, 0.1) is 56.1 Å². The van der Waals surface area contributed by atoms with Gasteiger partial charge in [-0.25, -0.2) is 8.96 Å². The maximum atomic E-state index is 14.8. The Morgan fingerprint density at radius 3 is 2.41 bits per heavy atom. The number of phosphoric ester groups is 1. The number of halogens is 1. The predicted octanol–water partition coefficient (Wildman–Crippen LogP) is 9.95. The zero-order valence-corrected chi connectivity index (χ0v) is 31.6. The number of methoxy groups -OCH3 is 1. The summed E-state index contributed by atoms with van der Waals surface area (Å²) in [6.07, 6.45) is 9.42. The van der Waals surface area contributed by atoms with Crippen molar-refractivity contribution in [2.24, 2.45) is 50.2 Å². The molecule has 1 aromatic rings. The minimum atomic E-state index is -3.93. The number of benzene rings is 1. The van der Waals surface area contributed by atoms with Gasteiger partial charge in [0.25, 0.3) is 0 Å². The van der Waals surface area contributed by atoms with Gasteiger partial charge in [-0.1, -0.05) is 59.2 Å². The first kappa shape index (κ1) is 35.5. The van der Waals surface area contributed by atoms with Crippen molar-refractivity contribution in [2.75, 3.05) is 13.7 Å². The van der Waals surface area contributed by atoms with Crippen molar-refractivity contribution in [3.63, 3.8) is 0 Å². The normalized spacial score (nSPS) is 47.5. The summed E-state index contributed by atoms with van der Waals surface area (Å²) in [4.78, 5) is 27.8. The highest BCUT2D eigenvalue weighted by atomic mass is 31.2. The molecular weight excluding hydrogens is 642 g/mol. The molecule has 0 amide bonds. The molecule has 1 saturated heterocycles. The smallest absolute Gasteiger partial charge is 0.469 e. The molecule has 0 bridgehead atoms. The summed E-state index contributed by atoms with van der Waals surface area (Å²) in [7, 11) is -2.44. The lowest BCUT2D eigenvalue weighted by Crippen LogP contribution is -2.66. The summed E-state index contributed by atoms with van der Waals surface area (Å²) in [5.41, 5.74) is 0.337. The van der Waals surface area contributed by atoms with Crippen molar-refractivity contribution in [1.29, 1.82) is 0 Å². The van der Waals surface area contributed by atoms with Crippen LogP contribution >= 0.6 is 7.82 Å². The number of hydrogen-bond donors (Lipinski definition) is 0. The van der Waals surface area contributed by atoms with Gasteiger partial charge in [0.05, 0.1) is 31.3 Å². The standard InChI is InChI=1S/C40H56FO7P/c1-35(2)31-12-16-40(7)33(29(42)23-27-28-24-37(4,34(43)45-8)18-17-36(28,3)19-20-39(27,40)6)38(31,5)15-13-32(35)48-49(44)46-21-14-30(47-49)25-10-9-11-26(41)22-25/h9-11,22-23,28,30-33H,12-21,24H2,1-8H3. The lowest BCUT2D eigenvalue weighted by atomic mass is 9.33. The second-order valence-corrected chi connectivity index (χ2v) is 20.0. The molecule has 0 aromatic heterocycles. The SMILES string of the molecule is COC(=O)C1(C)CCC2(C)CCC3(C)C(=CC(=O)C4C5(C)CCC(OP6(=O)OCCC(c7cccc(F)c7)O6)C(C)(C)C5CCC43C)C2C1. The molecule has 5 fully saturated rings. The van der Waals surface area contributed by atoms with Crippen molar-refractivity contribution < 1.29 is 36.9 Å². The van der Waals surface area contributed by atoms with Gasteiger partial charge in [-0.2, -0.15) is 0 Å². The first-order valence-corrected chi connectivity index (χ1v) is 20.0. The van der Waals surface area contributed by atoms with E-state index < -0.39 is 24.8 Å². The number of carbonyl (C=O) groups excluding carboxylic acids is 2. The van der Waals surface area contributed by atoms with Gasteiger partial charge in [0, 0.05) is 12.3 Å². The number of carbonyl (C=O) groups is 2. The molecule has 7 nitrogen and oxygen atoms in total. The highest BCUT2D eigenvalue weighted by Gasteiger charge is 2.70. The molecule has 49 heavy (non-hydrogen) atoms. The van der Waals surface area contributed by atoms with Crippen LogP contribution < -0.4 is 0 Å². The summed E-state index contributed by atoms with van der Waals surface area (Å²) in [5, 5.41) is 0. The van der Waals surface area contributed by atoms with E-state index in [4.69, 9.17) is 18.3 Å². The molecule has 1 aromatic carbocycles. The molecule has 11 unspecified atom stereocenters. The summed E-state index contributed by atoms with van der Waals surface area (Å²) >= 11 is 0. The molecule has 11 atom stereocenters. The third-order valence-corrected chi connectivity index (χ3v) is 17.1. The Hall–Kier alpha value is -1.86. The van der Waals surface area contributed by atoms with E-state index >= 15 is 0 Å². The number of fused-ring (bicyclic) bond motifs is 7. The van der Waals surface area contributed by atoms with Crippen LogP contribution in [0.4, 0.5) is 4.39 Å². The Morgan fingerprint density at radius 2 is 1.69 bits per heavy atom. The van der Waals surface area contributed by atoms with Gasteiger partial charge in [-0.3, -0.25) is 23.2 Å². The first-order chi connectivity index (χ1) is 22.8. The third kappa shape index (κ3) is 5.23. The Morgan fingerprint density at radius 1 is 0.959 bits per heavy atom. The second-order valence-electron chi connectivity index (χ2n) is 18.4. The average Bonchev–Trinajstić information content (AvgIpc) is 3.04. The molecule has 9 heteroatoms. The number of ether oxygens (including phenoxy) is 1. The number of ketones is 1. The van der Waals surface area contributed by atoms with Gasteiger partial charge in [-0.15, -0.1) is 0 Å². The summed E-state index contributed by atoms with van der Waals surface area (Å²) < 4.78 is 51.4. The van der Waals surface area contributed by atoms with Crippen molar-refractivity contribution in [3.05, 3.63) is 47.3 Å². The third-order valence-electron chi connectivity index (χ3n) is 15.6. The molecule has 0 spiro atoms. The number of esters is 1. The van der Waals surface area contributed by atoms with E-state index in [1.807, 2.05) is 13.0 Å². The Kier molecular flexibility index (Phi) is 8.39. The molecule has 0 N–H and O–H groups in total. The fraction of sp³-hybridized carbons (Fsp3) is 0.750. The van der Waals surface area contributed by atoms with Crippen LogP contribution in [0.5, 0.6) is 0 Å². The minimum Gasteiger partial charge on any atom is -0.469 e. The Balaban J connectivity index is 1.17. The second kappa shape index (κ2) is 11.6. The van der Waals surface area contributed by atoms with E-state index in [9.17, 15) is 18.5 Å². The predicted molar refractivity (Wildman–Crippen MR) is 185 cm³/mol. The quantitative estimate of drug-likeness (QED) is 0.229. The highest BCUT2D eigenvalue weighted by Crippen LogP contribution is 2.76. The molecule has 1 aliphatic heterocycles. The molecular formula is C40H56FO7P. The van der Waals surface area contributed by atoms with E-state index in [1.165, 1.54) is 24.8 Å². The minimum absolute atomic E-state index is 0.0647. The van der Waals surface area contributed by atoms with Crippen molar-refractivity contribution in [3.8, 4) is 0 Å². The van der Waals surface area contributed by atoms with Crippen molar-refractivity contribution in [2.45, 2.75) is 125 Å². The van der Waals surface area contributed by atoms with Crippen LogP contribution in [0.15, 0.2) is 35.9 Å². The molecule has 5 aliphatic carbocycles. The Labute approximate surface area is 292 Å². The van der Waals surface area contributed by atoms with Gasteiger partial charge in [0.1, 0.15) is 5.82 Å². The fourth-order valence-corrected chi connectivity index (χ4v) is 14.2. The lowest BCUT2D eigenvalue weighted by Gasteiger charge is -2.70. The molecule has 4 saturated carbocycles. The van der Waals surface area contributed by atoms with Gasteiger partial charge >= 0.3 is 13.8 Å². The zero-order valence-electron chi connectivity index (χ0n) is 30.7. The van der Waals surface area contributed by atoms with Crippen LogP contribution in [0.2, 0.25) is 0 Å². The van der Waals surface area contributed by atoms with Crippen LogP contribution in [0.25, 0.3) is 0 Å². The van der Waals surface area contributed by atoms with Crippen LogP contribution in [0.3, 0.4) is 0 Å².